The molecule has 3 rings (SSSR count). The van der Waals surface area contributed by atoms with Gasteiger partial charge in [-0.3, -0.25) is 0 Å². The van der Waals surface area contributed by atoms with Crippen molar-refractivity contribution in [3.05, 3.63) is 102 Å². The maximum atomic E-state index is 12.7. The lowest BCUT2D eigenvalue weighted by molar-refractivity contribution is -0.137. The second-order valence-corrected chi connectivity index (χ2v) is 5.75. The van der Waals surface area contributed by atoms with E-state index in [1.807, 2.05) is 48.5 Å². The Kier molecular flexibility index (Phi) is 5.81. The topological polar surface area (TPSA) is 18.5 Å². The van der Waals surface area contributed by atoms with Gasteiger partial charge in [0.05, 0.1) is 5.56 Å². The van der Waals surface area contributed by atoms with Gasteiger partial charge in [-0.05, 0) is 48.0 Å². The van der Waals surface area contributed by atoms with E-state index in [9.17, 15) is 13.2 Å². The van der Waals surface area contributed by atoms with E-state index in [1.54, 1.807) is 18.2 Å². The van der Waals surface area contributed by atoms with Crippen LogP contribution >= 0.6 is 0 Å². The summed E-state index contributed by atoms with van der Waals surface area (Å²) in [5.74, 6) is 1.77. The van der Waals surface area contributed by atoms with E-state index >= 15 is 0 Å². The lowest BCUT2D eigenvalue weighted by Crippen LogP contribution is -2.07. The van der Waals surface area contributed by atoms with Crippen molar-refractivity contribution in [3.63, 3.8) is 0 Å². The van der Waals surface area contributed by atoms with Gasteiger partial charge >= 0.3 is 6.18 Å². The summed E-state index contributed by atoms with van der Waals surface area (Å²) in [7, 11) is 0. The lowest BCUT2D eigenvalue weighted by atomic mass is 10.1. The van der Waals surface area contributed by atoms with E-state index in [4.69, 9.17) is 9.47 Å². The third-order valence-electron chi connectivity index (χ3n) is 3.68. The Morgan fingerprint density at radius 3 is 1.85 bits per heavy atom. The second-order valence-electron chi connectivity index (χ2n) is 5.75. The highest BCUT2D eigenvalue weighted by Gasteiger charge is 2.29. The number of hydrogen-bond acceptors (Lipinski definition) is 2. The summed E-state index contributed by atoms with van der Waals surface area (Å²) in [4.78, 5) is 0. The predicted molar refractivity (Wildman–Crippen MR) is 98.4 cm³/mol. The molecule has 0 aromatic heterocycles. The average molecular weight is 370 g/mol. The molecule has 0 fully saturated rings. The fourth-order valence-corrected chi connectivity index (χ4v) is 2.37. The highest BCUT2D eigenvalue weighted by atomic mass is 19.4. The van der Waals surface area contributed by atoms with Crippen molar-refractivity contribution in [2.24, 2.45) is 0 Å². The molecule has 0 unspecified atom stereocenters. The van der Waals surface area contributed by atoms with Crippen molar-refractivity contribution in [1.29, 1.82) is 0 Å². The summed E-state index contributed by atoms with van der Waals surface area (Å²) < 4.78 is 49.7. The first-order valence-corrected chi connectivity index (χ1v) is 8.29. The molecule has 3 aromatic rings. The Labute approximate surface area is 155 Å². The van der Waals surface area contributed by atoms with Crippen LogP contribution in [0.2, 0.25) is 0 Å². The molecule has 0 heterocycles. The molecule has 0 saturated carbocycles. The lowest BCUT2D eigenvalue weighted by Gasteiger charge is -2.12. The molecule has 0 aliphatic heterocycles. The van der Waals surface area contributed by atoms with Gasteiger partial charge in [-0.25, -0.2) is 0 Å². The predicted octanol–water partition coefficient (Wildman–Crippen LogP) is 6.20. The molecule has 0 atom stereocenters. The Bertz CT molecular complexity index is 871. The van der Waals surface area contributed by atoms with Gasteiger partial charge < -0.3 is 9.47 Å². The van der Waals surface area contributed by atoms with Gasteiger partial charge in [0, 0.05) is 0 Å². The second kappa shape index (κ2) is 8.45. The van der Waals surface area contributed by atoms with E-state index in [0.29, 0.717) is 22.8 Å². The molecule has 0 N–H and O–H groups in total. The van der Waals surface area contributed by atoms with Crippen molar-refractivity contribution in [1.82, 2.24) is 0 Å². The van der Waals surface area contributed by atoms with E-state index < -0.39 is 11.7 Å². The highest BCUT2D eigenvalue weighted by Crippen LogP contribution is 2.29. The highest BCUT2D eigenvalue weighted by molar-refractivity contribution is 5.53. The summed E-state index contributed by atoms with van der Waals surface area (Å²) in [6.45, 7) is 0.139. The number of rotatable bonds is 6. The first-order valence-electron chi connectivity index (χ1n) is 8.29. The first-order chi connectivity index (χ1) is 13.0. The molecule has 138 valence electrons. The van der Waals surface area contributed by atoms with Gasteiger partial charge in [-0.2, -0.15) is 13.2 Å². The molecule has 5 heteroatoms. The van der Waals surface area contributed by atoms with Gasteiger partial charge in [-0.15, -0.1) is 0 Å². The van der Waals surface area contributed by atoms with Crippen molar-refractivity contribution >= 4 is 6.08 Å². The van der Waals surface area contributed by atoms with Crippen LogP contribution in [0, 0.1) is 0 Å². The summed E-state index contributed by atoms with van der Waals surface area (Å²) in [6.07, 6.45) is -2.70. The van der Waals surface area contributed by atoms with Crippen LogP contribution in [0.5, 0.6) is 11.5 Å². The van der Waals surface area contributed by atoms with Crippen LogP contribution < -0.4 is 9.47 Å². The molecule has 0 spiro atoms. The average Bonchev–Trinajstić information content (AvgIpc) is 2.67. The zero-order chi connectivity index (χ0) is 19.1. The van der Waals surface area contributed by atoms with Crippen LogP contribution in [0.4, 0.5) is 13.2 Å². The van der Waals surface area contributed by atoms with Gasteiger partial charge in [0.1, 0.15) is 23.9 Å². The molecular formula is C22H17F3O2. The third kappa shape index (κ3) is 5.64. The molecular weight excluding hydrogens is 353 g/mol. The maximum Gasteiger partial charge on any atom is 0.416 e. The smallest absolute Gasteiger partial charge is 0.416 e. The van der Waals surface area contributed by atoms with Crippen LogP contribution in [0.15, 0.2) is 90.7 Å². The van der Waals surface area contributed by atoms with Gasteiger partial charge in [0.25, 0.3) is 0 Å². The van der Waals surface area contributed by atoms with Crippen LogP contribution in [0.25, 0.3) is 6.08 Å². The molecule has 0 aliphatic carbocycles. The first kappa shape index (κ1) is 18.6. The number of alkyl halides is 3. The van der Waals surface area contributed by atoms with E-state index in [1.165, 1.54) is 12.1 Å². The van der Waals surface area contributed by atoms with E-state index in [0.717, 1.165) is 12.1 Å². The third-order valence-corrected chi connectivity index (χ3v) is 3.68. The van der Waals surface area contributed by atoms with Gasteiger partial charge in [-0.1, -0.05) is 48.5 Å². The fraction of sp³-hybridized carbons (Fsp3) is 0.0909. The Hall–Kier alpha value is -3.21. The largest absolute Gasteiger partial charge is 0.486 e. The van der Waals surface area contributed by atoms with Crippen LogP contribution in [-0.4, -0.2) is 6.61 Å². The monoisotopic (exact) mass is 370 g/mol. The zero-order valence-electron chi connectivity index (χ0n) is 14.3. The summed E-state index contributed by atoms with van der Waals surface area (Å²) in [6, 6.07) is 23.3. The van der Waals surface area contributed by atoms with Crippen molar-refractivity contribution in [3.8, 4) is 11.5 Å². The molecule has 2 nitrogen and oxygen atoms in total. The van der Waals surface area contributed by atoms with Crippen molar-refractivity contribution < 1.29 is 22.6 Å². The standard InChI is InChI=1S/C22H17F3O2/c23-22(24,25)18-13-11-17(12-14-18)15-21(27-20-9-5-2-6-10-20)16-26-19-7-3-1-4-8-19/h1-15H,16H2/b21-15-. The van der Waals surface area contributed by atoms with Crippen LogP contribution in [0.3, 0.4) is 0 Å². The normalized spacial score (nSPS) is 11.9. The maximum absolute atomic E-state index is 12.7. The minimum Gasteiger partial charge on any atom is -0.486 e. The van der Waals surface area contributed by atoms with Crippen molar-refractivity contribution in [2.45, 2.75) is 6.18 Å². The summed E-state index contributed by atoms with van der Waals surface area (Å²) in [5, 5.41) is 0. The van der Waals surface area contributed by atoms with E-state index in [2.05, 4.69) is 0 Å². The number of benzene rings is 3. The minimum atomic E-state index is -4.36. The van der Waals surface area contributed by atoms with Gasteiger partial charge in [0.15, 0.2) is 0 Å². The Balaban J connectivity index is 1.80. The molecule has 3 aromatic carbocycles. The Morgan fingerprint density at radius 2 is 1.30 bits per heavy atom. The minimum absolute atomic E-state index is 0.139. The number of ether oxygens (including phenoxy) is 2. The number of para-hydroxylation sites is 2. The quantitative estimate of drug-likeness (QED) is 0.481. The number of halogens is 3. The molecule has 0 saturated heterocycles. The molecule has 0 radical (unpaired) electrons. The fourth-order valence-electron chi connectivity index (χ4n) is 2.37. The van der Waals surface area contributed by atoms with Gasteiger partial charge in [0.2, 0.25) is 0 Å². The molecule has 0 aliphatic rings. The molecule has 0 amide bonds. The summed E-state index contributed by atoms with van der Waals surface area (Å²) in [5.41, 5.74) is -0.101. The molecule has 27 heavy (non-hydrogen) atoms. The molecule has 0 bridgehead atoms. The number of hydrogen-bond donors (Lipinski definition) is 0. The Morgan fingerprint density at radius 1 is 0.741 bits per heavy atom. The SMILES string of the molecule is FC(F)(F)c1ccc(/C=C(/COc2ccccc2)Oc2ccccc2)cc1. The zero-order valence-corrected chi connectivity index (χ0v) is 14.3. The van der Waals surface area contributed by atoms with Crippen LogP contribution in [0.1, 0.15) is 11.1 Å². The van der Waals surface area contributed by atoms with Crippen molar-refractivity contribution in [2.75, 3.05) is 6.61 Å². The summed E-state index contributed by atoms with van der Waals surface area (Å²) >= 11 is 0. The van der Waals surface area contributed by atoms with Crippen LogP contribution in [-0.2, 0) is 6.18 Å². The van der Waals surface area contributed by atoms with E-state index in [-0.39, 0.29) is 6.61 Å².